The molecule has 0 aromatic heterocycles. The van der Waals surface area contributed by atoms with Crippen LogP contribution in [-0.4, -0.2) is 57.1 Å². The van der Waals surface area contributed by atoms with E-state index in [0.29, 0.717) is 13.1 Å². The Bertz CT molecular complexity index is 531. The number of carbonyl (C=O) groups is 1. The number of hydrogen-bond acceptors (Lipinski definition) is 6. The molecule has 116 valence electrons. The number of carbonyl (C=O) groups excluding carboxylic acids is 1. The van der Waals surface area contributed by atoms with Crippen LogP contribution in [0.1, 0.15) is 10.4 Å². The van der Waals surface area contributed by atoms with Crippen LogP contribution in [0.4, 0.5) is 5.69 Å². The third-order valence-electron chi connectivity index (χ3n) is 2.79. The third kappa shape index (κ3) is 4.32. The normalized spacial score (nSPS) is 10.3. The first-order chi connectivity index (χ1) is 9.90. The number of ether oxygens (including phenoxy) is 2. The van der Waals surface area contributed by atoms with Crippen molar-refractivity contribution < 1.29 is 19.2 Å². The van der Waals surface area contributed by atoms with Gasteiger partial charge in [0, 0.05) is 19.2 Å². The van der Waals surface area contributed by atoms with Crippen molar-refractivity contribution in [1.82, 2.24) is 10.2 Å². The van der Waals surface area contributed by atoms with Crippen molar-refractivity contribution in [3.63, 3.8) is 0 Å². The molecule has 0 saturated heterocycles. The number of amides is 1. The second-order valence-corrected chi connectivity index (χ2v) is 4.54. The van der Waals surface area contributed by atoms with Gasteiger partial charge in [-0.3, -0.25) is 14.9 Å². The van der Waals surface area contributed by atoms with E-state index >= 15 is 0 Å². The molecule has 0 fully saturated rings. The van der Waals surface area contributed by atoms with Crippen LogP contribution in [0.2, 0.25) is 0 Å². The zero-order valence-electron chi connectivity index (χ0n) is 12.5. The van der Waals surface area contributed by atoms with Gasteiger partial charge in [-0.2, -0.15) is 0 Å². The molecular weight excluding hydrogens is 278 g/mol. The first-order valence-corrected chi connectivity index (χ1v) is 6.24. The molecule has 0 radical (unpaired) electrons. The number of hydrogen-bond donors (Lipinski definition) is 1. The highest BCUT2D eigenvalue weighted by molar-refractivity contribution is 5.99. The molecule has 0 aliphatic carbocycles. The van der Waals surface area contributed by atoms with Crippen LogP contribution in [0.15, 0.2) is 12.1 Å². The van der Waals surface area contributed by atoms with E-state index in [9.17, 15) is 14.9 Å². The molecule has 1 N–H and O–H groups in total. The van der Waals surface area contributed by atoms with Crippen molar-refractivity contribution in [2.75, 3.05) is 41.4 Å². The average Bonchev–Trinajstić information content (AvgIpc) is 2.44. The van der Waals surface area contributed by atoms with Crippen LogP contribution in [0.25, 0.3) is 0 Å². The van der Waals surface area contributed by atoms with Crippen molar-refractivity contribution in [3.8, 4) is 11.5 Å². The summed E-state index contributed by atoms with van der Waals surface area (Å²) >= 11 is 0. The lowest BCUT2D eigenvalue weighted by atomic mass is 10.1. The van der Waals surface area contributed by atoms with Gasteiger partial charge in [0.15, 0.2) is 11.5 Å². The summed E-state index contributed by atoms with van der Waals surface area (Å²) in [6, 6.07) is 2.49. The minimum atomic E-state index is -0.622. The lowest BCUT2D eigenvalue weighted by Crippen LogP contribution is -2.31. The highest BCUT2D eigenvalue weighted by atomic mass is 16.6. The minimum absolute atomic E-state index is 0.0589. The van der Waals surface area contributed by atoms with Crippen molar-refractivity contribution in [2.24, 2.45) is 0 Å². The number of nitro groups is 1. The van der Waals surface area contributed by atoms with Crippen LogP contribution in [0.3, 0.4) is 0 Å². The van der Waals surface area contributed by atoms with Gasteiger partial charge in [-0.05, 0) is 14.1 Å². The maximum atomic E-state index is 12.1. The van der Waals surface area contributed by atoms with E-state index in [-0.39, 0.29) is 22.7 Å². The maximum Gasteiger partial charge on any atom is 0.286 e. The lowest BCUT2D eigenvalue weighted by Gasteiger charge is -2.12. The Morgan fingerprint density at radius 1 is 1.29 bits per heavy atom. The Morgan fingerprint density at radius 2 is 1.86 bits per heavy atom. The molecule has 21 heavy (non-hydrogen) atoms. The van der Waals surface area contributed by atoms with Gasteiger partial charge in [-0.1, -0.05) is 0 Å². The van der Waals surface area contributed by atoms with Gasteiger partial charge in [0.2, 0.25) is 0 Å². The predicted molar refractivity (Wildman–Crippen MR) is 77.1 cm³/mol. The quantitative estimate of drug-likeness (QED) is 0.593. The Morgan fingerprint density at radius 3 is 2.33 bits per heavy atom. The first kappa shape index (κ1) is 16.7. The molecule has 1 aromatic carbocycles. The average molecular weight is 297 g/mol. The highest BCUT2D eigenvalue weighted by Gasteiger charge is 2.24. The molecule has 0 atom stereocenters. The summed E-state index contributed by atoms with van der Waals surface area (Å²) in [5.41, 5.74) is -0.383. The van der Waals surface area contributed by atoms with E-state index < -0.39 is 10.8 Å². The molecule has 1 rings (SSSR count). The predicted octanol–water partition coefficient (Wildman–Crippen LogP) is 0.903. The summed E-state index contributed by atoms with van der Waals surface area (Å²) in [6.07, 6.45) is 0. The Balaban J connectivity index is 3.08. The van der Waals surface area contributed by atoms with E-state index in [1.54, 1.807) is 0 Å². The largest absolute Gasteiger partial charge is 0.493 e. The number of nitrogens with zero attached hydrogens (tertiary/aromatic N) is 2. The van der Waals surface area contributed by atoms with Gasteiger partial charge in [0.1, 0.15) is 5.56 Å². The smallest absolute Gasteiger partial charge is 0.286 e. The van der Waals surface area contributed by atoms with Gasteiger partial charge in [-0.25, -0.2) is 0 Å². The molecule has 8 heteroatoms. The zero-order chi connectivity index (χ0) is 16.0. The number of nitro benzene ring substituents is 1. The topological polar surface area (TPSA) is 93.9 Å². The van der Waals surface area contributed by atoms with Crippen molar-refractivity contribution >= 4 is 11.6 Å². The fourth-order valence-electron chi connectivity index (χ4n) is 1.69. The summed E-state index contributed by atoms with van der Waals surface area (Å²) < 4.78 is 10.1. The van der Waals surface area contributed by atoms with Gasteiger partial charge in [-0.15, -0.1) is 0 Å². The van der Waals surface area contributed by atoms with Crippen LogP contribution in [0.5, 0.6) is 11.5 Å². The fourth-order valence-corrected chi connectivity index (χ4v) is 1.69. The van der Waals surface area contributed by atoms with Crippen molar-refractivity contribution in [1.29, 1.82) is 0 Å². The van der Waals surface area contributed by atoms with Crippen LogP contribution in [-0.2, 0) is 0 Å². The molecule has 0 aliphatic rings. The van der Waals surface area contributed by atoms with Gasteiger partial charge in [0.05, 0.1) is 25.2 Å². The molecule has 0 unspecified atom stereocenters. The number of likely N-dealkylation sites (N-methyl/N-ethyl adjacent to an activating group) is 1. The van der Waals surface area contributed by atoms with Gasteiger partial charge in [0.25, 0.3) is 11.6 Å². The maximum absolute atomic E-state index is 12.1. The summed E-state index contributed by atoms with van der Waals surface area (Å²) in [4.78, 5) is 24.5. The summed E-state index contributed by atoms with van der Waals surface area (Å²) in [5.74, 6) is -0.0561. The molecular formula is C13H19N3O5. The first-order valence-electron chi connectivity index (χ1n) is 6.24. The number of benzene rings is 1. The Labute approximate surface area is 122 Å². The molecule has 0 saturated carbocycles. The second kappa shape index (κ2) is 7.44. The van der Waals surface area contributed by atoms with Crippen LogP contribution >= 0.6 is 0 Å². The molecule has 0 aliphatic heterocycles. The molecule has 8 nitrogen and oxygen atoms in total. The van der Waals surface area contributed by atoms with Crippen molar-refractivity contribution in [2.45, 2.75) is 0 Å². The fraction of sp³-hybridized carbons (Fsp3) is 0.462. The van der Waals surface area contributed by atoms with E-state index in [1.165, 1.54) is 26.4 Å². The Kier molecular flexibility index (Phi) is 5.92. The lowest BCUT2D eigenvalue weighted by molar-refractivity contribution is -0.385. The van der Waals surface area contributed by atoms with Gasteiger partial charge < -0.3 is 19.7 Å². The summed E-state index contributed by atoms with van der Waals surface area (Å²) in [6.45, 7) is 1.02. The standard InChI is InChI=1S/C13H19N3O5/c1-15(2)6-5-14-13(17)9-7-11(20-3)12(21-4)8-10(9)16(18)19/h7-8H,5-6H2,1-4H3,(H,14,17). The zero-order valence-corrected chi connectivity index (χ0v) is 12.5. The van der Waals surface area contributed by atoms with E-state index in [2.05, 4.69) is 5.32 Å². The van der Waals surface area contributed by atoms with Crippen LogP contribution < -0.4 is 14.8 Å². The second-order valence-electron chi connectivity index (χ2n) is 4.54. The van der Waals surface area contributed by atoms with Crippen molar-refractivity contribution in [3.05, 3.63) is 27.8 Å². The van der Waals surface area contributed by atoms with E-state index in [4.69, 9.17) is 9.47 Å². The molecule has 0 heterocycles. The highest BCUT2D eigenvalue weighted by Crippen LogP contribution is 2.34. The molecule has 1 aromatic rings. The number of nitrogens with one attached hydrogen (secondary N) is 1. The molecule has 0 bridgehead atoms. The molecule has 0 spiro atoms. The SMILES string of the molecule is COc1cc(C(=O)NCCN(C)C)c([N+](=O)[O-])cc1OC. The monoisotopic (exact) mass is 297 g/mol. The van der Waals surface area contributed by atoms with E-state index in [1.807, 2.05) is 19.0 Å². The summed E-state index contributed by atoms with van der Waals surface area (Å²) in [7, 11) is 6.51. The number of methoxy groups -OCH3 is 2. The Hall–Kier alpha value is -2.35. The number of rotatable bonds is 7. The van der Waals surface area contributed by atoms with Crippen LogP contribution in [0, 0.1) is 10.1 Å². The van der Waals surface area contributed by atoms with Gasteiger partial charge >= 0.3 is 0 Å². The molecule has 1 amide bonds. The third-order valence-corrected chi connectivity index (χ3v) is 2.79. The summed E-state index contributed by atoms with van der Waals surface area (Å²) in [5, 5.41) is 13.7. The minimum Gasteiger partial charge on any atom is -0.493 e. The van der Waals surface area contributed by atoms with E-state index in [0.717, 1.165) is 0 Å².